The lowest BCUT2D eigenvalue weighted by atomic mass is 10.2. The second-order valence-corrected chi connectivity index (χ2v) is 5.17. The van der Waals surface area contributed by atoms with Crippen molar-refractivity contribution in [3.05, 3.63) is 30.1 Å². The highest BCUT2D eigenvalue weighted by Gasteiger charge is 2.24. The van der Waals surface area contributed by atoms with Gasteiger partial charge in [-0.2, -0.15) is 0 Å². The van der Waals surface area contributed by atoms with E-state index in [1.807, 2.05) is 0 Å². The quantitative estimate of drug-likeness (QED) is 0.763. The molecule has 0 aliphatic heterocycles. The van der Waals surface area contributed by atoms with Crippen LogP contribution in [0, 0.1) is 5.92 Å². The molecule has 0 atom stereocenters. The molecule has 0 unspecified atom stereocenters. The third-order valence-corrected chi connectivity index (χ3v) is 3.34. The molecule has 1 heterocycles. The van der Waals surface area contributed by atoms with Gasteiger partial charge in [0.05, 0.1) is 11.0 Å². The number of nitrogens with zero attached hydrogens (tertiary/aromatic N) is 2. The Morgan fingerprint density at radius 2 is 2.06 bits per heavy atom. The molecule has 1 fully saturated rings. The van der Waals surface area contributed by atoms with E-state index in [-0.39, 0.29) is 0 Å². The van der Waals surface area contributed by atoms with Gasteiger partial charge >= 0.3 is 0 Å². The van der Waals surface area contributed by atoms with E-state index >= 15 is 0 Å². The van der Waals surface area contributed by atoms with Crippen LogP contribution in [-0.4, -0.2) is 9.55 Å². The summed E-state index contributed by atoms with van der Waals surface area (Å²) >= 11 is 0. The number of fused-ring (bicyclic) bond motifs is 1. The number of rotatable bonds is 3. The first-order valence-corrected chi connectivity index (χ1v) is 6.21. The molecule has 16 heavy (non-hydrogen) atoms. The Bertz CT molecular complexity index is 506. The standard InChI is InChI=1S/C14H18N2/c1-10(2)14-15-12-5-3-4-6-13(12)16(14)9-11-7-8-11/h3-6,10-11H,7-9H2,1-2H3. The van der Waals surface area contributed by atoms with Gasteiger partial charge < -0.3 is 4.57 Å². The summed E-state index contributed by atoms with van der Waals surface area (Å²) in [6, 6.07) is 8.49. The summed E-state index contributed by atoms with van der Waals surface area (Å²) in [4.78, 5) is 4.76. The largest absolute Gasteiger partial charge is 0.327 e. The third-order valence-electron chi connectivity index (χ3n) is 3.34. The van der Waals surface area contributed by atoms with Gasteiger partial charge in [-0.3, -0.25) is 0 Å². The fourth-order valence-electron chi connectivity index (χ4n) is 2.29. The van der Waals surface area contributed by atoms with Crippen molar-refractivity contribution in [1.29, 1.82) is 0 Å². The summed E-state index contributed by atoms with van der Waals surface area (Å²) in [6.07, 6.45) is 2.79. The second-order valence-electron chi connectivity index (χ2n) is 5.17. The van der Waals surface area contributed by atoms with E-state index in [4.69, 9.17) is 4.98 Å². The minimum absolute atomic E-state index is 0.506. The maximum atomic E-state index is 4.76. The van der Waals surface area contributed by atoms with E-state index in [0.29, 0.717) is 5.92 Å². The van der Waals surface area contributed by atoms with Crippen molar-refractivity contribution in [2.75, 3.05) is 0 Å². The molecule has 1 aromatic heterocycles. The fraction of sp³-hybridized carbons (Fsp3) is 0.500. The van der Waals surface area contributed by atoms with Gasteiger partial charge in [-0.25, -0.2) is 4.98 Å². The SMILES string of the molecule is CC(C)c1nc2ccccc2n1CC1CC1. The Morgan fingerprint density at radius 3 is 2.75 bits per heavy atom. The summed E-state index contributed by atoms with van der Waals surface area (Å²) < 4.78 is 2.43. The van der Waals surface area contributed by atoms with E-state index in [9.17, 15) is 0 Å². The van der Waals surface area contributed by atoms with Crippen LogP contribution < -0.4 is 0 Å². The zero-order valence-electron chi connectivity index (χ0n) is 9.98. The number of hydrogen-bond donors (Lipinski definition) is 0. The van der Waals surface area contributed by atoms with E-state index in [0.717, 1.165) is 18.0 Å². The molecule has 3 rings (SSSR count). The molecule has 2 heteroatoms. The summed E-state index contributed by atoms with van der Waals surface area (Å²) in [5, 5.41) is 0. The highest BCUT2D eigenvalue weighted by molar-refractivity contribution is 5.76. The first-order valence-electron chi connectivity index (χ1n) is 6.21. The normalized spacial score (nSPS) is 16.2. The van der Waals surface area contributed by atoms with Gasteiger partial charge in [-0.05, 0) is 30.9 Å². The van der Waals surface area contributed by atoms with Gasteiger partial charge in [-0.1, -0.05) is 26.0 Å². The minimum atomic E-state index is 0.506. The molecule has 0 saturated heterocycles. The molecule has 0 N–H and O–H groups in total. The summed E-state index contributed by atoms with van der Waals surface area (Å²) in [6.45, 7) is 5.61. The van der Waals surface area contributed by atoms with Crippen LogP contribution >= 0.6 is 0 Å². The minimum Gasteiger partial charge on any atom is -0.327 e. The molecule has 2 nitrogen and oxygen atoms in total. The van der Waals surface area contributed by atoms with E-state index < -0.39 is 0 Å². The van der Waals surface area contributed by atoms with Gasteiger partial charge in [0.2, 0.25) is 0 Å². The van der Waals surface area contributed by atoms with Crippen molar-refractivity contribution >= 4 is 11.0 Å². The van der Waals surface area contributed by atoms with Crippen LogP contribution in [0.3, 0.4) is 0 Å². The molecule has 2 aromatic rings. The predicted molar refractivity (Wildman–Crippen MR) is 66.5 cm³/mol. The Kier molecular flexibility index (Phi) is 2.23. The lowest BCUT2D eigenvalue weighted by Gasteiger charge is -2.10. The van der Waals surface area contributed by atoms with Crippen LogP contribution in [-0.2, 0) is 6.54 Å². The number of hydrogen-bond acceptors (Lipinski definition) is 1. The smallest absolute Gasteiger partial charge is 0.112 e. The van der Waals surface area contributed by atoms with Crippen LogP contribution in [0.15, 0.2) is 24.3 Å². The van der Waals surface area contributed by atoms with Crippen molar-refractivity contribution in [1.82, 2.24) is 9.55 Å². The molecule has 1 aromatic carbocycles. The van der Waals surface area contributed by atoms with Crippen LogP contribution in [0.4, 0.5) is 0 Å². The van der Waals surface area contributed by atoms with Crippen molar-refractivity contribution in [3.8, 4) is 0 Å². The molecule has 0 bridgehead atoms. The average Bonchev–Trinajstić information content (AvgIpc) is 3.00. The molecule has 0 spiro atoms. The Labute approximate surface area is 96.3 Å². The highest BCUT2D eigenvalue weighted by atomic mass is 15.1. The maximum absolute atomic E-state index is 4.76. The first kappa shape index (κ1) is 9.88. The Balaban J connectivity index is 2.14. The Morgan fingerprint density at radius 1 is 1.31 bits per heavy atom. The molecule has 0 radical (unpaired) electrons. The molecule has 0 amide bonds. The molecule has 1 saturated carbocycles. The lowest BCUT2D eigenvalue weighted by Crippen LogP contribution is -2.06. The first-order chi connectivity index (χ1) is 7.75. The van der Waals surface area contributed by atoms with Crippen molar-refractivity contribution in [3.63, 3.8) is 0 Å². The highest BCUT2D eigenvalue weighted by Crippen LogP contribution is 2.33. The number of aromatic nitrogens is 2. The zero-order chi connectivity index (χ0) is 11.1. The fourth-order valence-corrected chi connectivity index (χ4v) is 2.29. The molecule has 84 valence electrons. The van der Waals surface area contributed by atoms with Crippen LogP contribution in [0.5, 0.6) is 0 Å². The summed E-state index contributed by atoms with van der Waals surface area (Å²) in [7, 11) is 0. The summed E-state index contributed by atoms with van der Waals surface area (Å²) in [5.74, 6) is 2.65. The van der Waals surface area contributed by atoms with Crippen LogP contribution in [0.2, 0.25) is 0 Å². The molecular formula is C14H18N2. The summed E-state index contributed by atoms with van der Waals surface area (Å²) in [5.41, 5.74) is 2.45. The number of benzene rings is 1. The zero-order valence-corrected chi connectivity index (χ0v) is 9.98. The van der Waals surface area contributed by atoms with E-state index in [1.54, 1.807) is 0 Å². The molecular weight excluding hydrogens is 196 g/mol. The van der Waals surface area contributed by atoms with Gasteiger partial charge in [0, 0.05) is 12.5 Å². The van der Waals surface area contributed by atoms with Crippen molar-refractivity contribution in [2.24, 2.45) is 5.92 Å². The van der Waals surface area contributed by atoms with Crippen LogP contribution in [0.25, 0.3) is 11.0 Å². The van der Waals surface area contributed by atoms with Gasteiger partial charge in [0.15, 0.2) is 0 Å². The maximum Gasteiger partial charge on any atom is 0.112 e. The second kappa shape index (κ2) is 3.62. The lowest BCUT2D eigenvalue weighted by molar-refractivity contribution is 0.589. The molecule has 1 aliphatic carbocycles. The van der Waals surface area contributed by atoms with E-state index in [1.165, 1.54) is 24.2 Å². The monoisotopic (exact) mass is 214 g/mol. The predicted octanol–water partition coefficient (Wildman–Crippen LogP) is 3.57. The Hall–Kier alpha value is -1.31. The van der Waals surface area contributed by atoms with Crippen molar-refractivity contribution < 1.29 is 0 Å². The van der Waals surface area contributed by atoms with E-state index in [2.05, 4.69) is 42.7 Å². The van der Waals surface area contributed by atoms with Crippen molar-refractivity contribution in [2.45, 2.75) is 39.2 Å². The van der Waals surface area contributed by atoms with Gasteiger partial charge in [-0.15, -0.1) is 0 Å². The third kappa shape index (κ3) is 1.62. The topological polar surface area (TPSA) is 17.8 Å². The number of imidazole rings is 1. The average molecular weight is 214 g/mol. The number of para-hydroxylation sites is 2. The van der Waals surface area contributed by atoms with Gasteiger partial charge in [0.25, 0.3) is 0 Å². The molecule has 1 aliphatic rings. The van der Waals surface area contributed by atoms with Crippen LogP contribution in [0.1, 0.15) is 38.4 Å². The van der Waals surface area contributed by atoms with Gasteiger partial charge in [0.1, 0.15) is 5.82 Å².